The maximum atomic E-state index is 5.09. The molecule has 0 aromatic rings. The van der Waals surface area contributed by atoms with Gasteiger partial charge in [-0.15, -0.1) is 0 Å². The van der Waals surface area contributed by atoms with Gasteiger partial charge < -0.3 is 10.9 Å². The molecule has 0 fully saturated rings. The van der Waals surface area contributed by atoms with E-state index < -0.39 is 0 Å². The molecule has 0 saturated carbocycles. The molecule has 0 atom stereocenters. The summed E-state index contributed by atoms with van der Waals surface area (Å²) in [5.74, 6) is 5.09. The largest absolute Gasteiger partial charge is 0.323 e. The molecule has 0 unspecified atom stereocenters. The highest BCUT2D eigenvalue weighted by Gasteiger charge is 1.97. The lowest BCUT2D eigenvalue weighted by Gasteiger charge is -2.06. The zero-order chi connectivity index (χ0) is 8.97. The molecule has 64 valence electrons. The van der Waals surface area contributed by atoms with Crippen LogP contribution in [-0.2, 0) is 0 Å². The molecule has 0 bridgehead atoms. The van der Waals surface area contributed by atoms with Crippen molar-refractivity contribution in [2.45, 2.75) is 0 Å². The quantitative estimate of drug-likeness (QED) is 0.345. The Morgan fingerprint density at radius 3 is 2.00 bits per heavy atom. The van der Waals surface area contributed by atoms with E-state index in [-0.39, 0.29) is 0 Å². The van der Waals surface area contributed by atoms with Crippen LogP contribution in [0.5, 0.6) is 0 Å². The van der Waals surface area contributed by atoms with Crippen LogP contribution in [0.15, 0.2) is 34.5 Å². The van der Waals surface area contributed by atoms with Crippen LogP contribution in [-0.4, -0.2) is 30.5 Å². The number of rotatable bonds is 1. The predicted octanol–water partition coefficient (Wildman–Crippen LogP) is 0.345. The number of allylic oxidation sites excluding steroid dienone is 4. The summed E-state index contributed by atoms with van der Waals surface area (Å²) in [6, 6.07) is 0. The van der Waals surface area contributed by atoms with Crippen LogP contribution in [0.1, 0.15) is 0 Å². The molecule has 0 aliphatic heterocycles. The van der Waals surface area contributed by atoms with E-state index in [2.05, 4.69) is 10.2 Å². The van der Waals surface area contributed by atoms with Crippen molar-refractivity contribution < 1.29 is 0 Å². The molecule has 12 heavy (non-hydrogen) atoms. The van der Waals surface area contributed by atoms with E-state index in [1.54, 1.807) is 5.01 Å². The summed E-state index contributed by atoms with van der Waals surface area (Å²) < 4.78 is 0. The third-order valence-electron chi connectivity index (χ3n) is 1.31. The first-order chi connectivity index (χ1) is 5.72. The molecule has 1 aliphatic rings. The molecule has 1 rings (SSSR count). The monoisotopic (exact) mass is 164 g/mol. The summed E-state index contributed by atoms with van der Waals surface area (Å²) in [6.07, 6.45) is 7.38. The van der Waals surface area contributed by atoms with Crippen molar-refractivity contribution >= 4 is 11.4 Å². The molecular weight excluding hydrogens is 152 g/mol. The molecule has 0 amide bonds. The van der Waals surface area contributed by atoms with Gasteiger partial charge in [0, 0.05) is 14.1 Å². The van der Waals surface area contributed by atoms with Gasteiger partial charge in [0.05, 0.1) is 11.4 Å². The molecule has 4 nitrogen and oxygen atoms in total. The third-order valence-corrected chi connectivity index (χ3v) is 1.31. The topological polar surface area (TPSA) is 54.0 Å². The van der Waals surface area contributed by atoms with Gasteiger partial charge in [0.15, 0.2) is 0 Å². The van der Waals surface area contributed by atoms with Crippen molar-refractivity contribution in [2.24, 2.45) is 16.0 Å². The summed E-state index contributed by atoms with van der Waals surface area (Å²) in [7, 11) is 3.75. The molecule has 0 aromatic heterocycles. The van der Waals surface area contributed by atoms with E-state index in [0.29, 0.717) is 0 Å². The van der Waals surface area contributed by atoms with E-state index >= 15 is 0 Å². The van der Waals surface area contributed by atoms with Crippen molar-refractivity contribution in [3.63, 3.8) is 0 Å². The Balaban J connectivity index is 2.73. The fourth-order valence-electron chi connectivity index (χ4n) is 0.836. The van der Waals surface area contributed by atoms with Gasteiger partial charge in [0.2, 0.25) is 0 Å². The molecule has 0 spiro atoms. The average Bonchev–Trinajstić information content (AvgIpc) is 2.05. The Morgan fingerprint density at radius 1 is 1.08 bits per heavy atom. The minimum Gasteiger partial charge on any atom is -0.323 e. The highest BCUT2D eigenvalue weighted by Crippen LogP contribution is 1.97. The van der Waals surface area contributed by atoms with Crippen LogP contribution in [0.2, 0.25) is 0 Å². The summed E-state index contributed by atoms with van der Waals surface area (Å²) in [4.78, 5) is 0. The fourth-order valence-corrected chi connectivity index (χ4v) is 0.836. The Bertz CT molecular complexity index is 253. The van der Waals surface area contributed by atoms with Gasteiger partial charge in [-0.3, -0.25) is 0 Å². The summed E-state index contributed by atoms with van der Waals surface area (Å²) >= 11 is 0. The van der Waals surface area contributed by atoms with E-state index in [9.17, 15) is 0 Å². The Kier molecular flexibility index (Phi) is 2.63. The smallest absolute Gasteiger partial charge is 0.0833 e. The van der Waals surface area contributed by atoms with Crippen LogP contribution in [0, 0.1) is 0 Å². The summed E-state index contributed by atoms with van der Waals surface area (Å²) in [5, 5.41) is 9.47. The molecule has 0 heterocycles. The van der Waals surface area contributed by atoms with Gasteiger partial charge in [0.25, 0.3) is 0 Å². The number of hydrogen-bond donors (Lipinski definition) is 1. The van der Waals surface area contributed by atoms with Crippen LogP contribution in [0.4, 0.5) is 0 Å². The van der Waals surface area contributed by atoms with Crippen molar-refractivity contribution in [1.29, 1.82) is 0 Å². The SMILES string of the molecule is CN(C)N=C1C=CC(=NN)C=C1. The second kappa shape index (κ2) is 3.71. The number of hydrazone groups is 2. The molecule has 0 aromatic carbocycles. The molecule has 1 aliphatic carbocycles. The van der Waals surface area contributed by atoms with Gasteiger partial charge in [-0.2, -0.15) is 10.2 Å². The zero-order valence-corrected chi connectivity index (χ0v) is 7.23. The van der Waals surface area contributed by atoms with E-state index in [0.717, 1.165) is 11.4 Å². The van der Waals surface area contributed by atoms with Crippen LogP contribution in [0.25, 0.3) is 0 Å². The highest BCUT2D eigenvalue weighted by atomic mass is 15.4. The fraction of sp³-hybridized carbons (Fsp3) is 0.250. The highest BCUT2D eigenvalue weighted by molar-refractivity contribution is 6.18. The van der Waals surface area contributed by atoms with Gasteiger partial charge in [-0.05, 0) is 24.3 Å². The Hall–Kier alpha value is -1.58. The lowest BCUT2D eigenvalue weighted by molar-refractivity contribution is 0.439. The first-order valence-corrected chi connectivity index (χ1v) is 3.62. The molecule has 2 N–H and O–H groups in total. The molecule has 0 radical (unpaired) electrons. The normalized spacial score (nSPS) is 14.8. The average molecular weight is 164 g/mol. The van der Waals surface area contributed by atoms with Crippen LogP contribution < -0.4 is 5.84 Å². The second-order valence-corrected chi connectivity index (χ2v) is 2.59. The van der Waals surface area contributed by atoms with Gasteiger partial charge in [0.1, 0.15) is 0 Å². The molecule has 4 heteroatoms. The number of nitrogens with zero attached hydrogens (tertiary/aromatic N) is 3. The maximum absolute atomic E-state index is 5.09. The van der Waals surface area contributed by atoms with Crippen molar-refractivity contribution in [3.8, 4) is 0 Å². The van der Waals surface area contributed by atoms with E-state index in [1.807, 2.05) is 38.4 Å². The number of nitrogens with two attached hydrogens (primary N) is 1. The van der Waals surface area contributed by atoms with Crippen molar-refractivity contribution in [3.05, 3.63) is 24.3 Å². The maximum Gasteiger partial charge on any atom is 0.0833 e. The minimum absolute atomic E-state index is 0.757. The minimum atomic E-state index is 0.757. The first-order valence-electron chi connectivity index (χ1n) is 3.62. The standard InChI is InChI=1S/C8H12N4/c1-12(2)11-8-5-3-7(10-9)4-6-8/h3-6H,9H2,1-2H3. The van der Waals surface area contributed by atoms with Gasteiger partial charge >= 0.3 is 0 Å². The van der Waals surface area contributed by atoms with Crippen LogP contribution in [0.3, 0.4) is 0 Å². The lowest BCUT2D eigenvalue weighted by atomic mass is 10.1. The van der Waals surface area contributed by atoms with E-state index in [4.69, 9.17) is 5.84 Å². The van der Waals surface area contributed by atoms with E-state index in [1.165, 1.54) is 0 Å². The number of hydrogen-bond acceptors (Lipinski definition) is 4. The molecule has 0 saturated heterocycles. The Labute approximate surface area is 71.7 Å². The first kappa shape index (κ1) is 8.52. The lowest BCUT2D eigenvalue weighted by Crippen LogP contribution is -2.08. The van der Waals surface area contributed by atoms with Crippen LogP contribution >= 0.6 is 0 Å². The summed E-state index contributed by atoms with van der Waals surface area (Å²) in [5.41, 5.74) is 1.65. The zero-order valence-electron chi connectivity index (χ0n) is 7.23. The van der Waals surface area contributed by atoms with Crippen molar-refractivity contribution in [1.82, 2.24) is 5.01 Å². The summed E-state index contributed by atoms with van der Waals surface area (Å²) in [6.45, 7) is 0. The van der Waals surface area contributed by atoms with Gasteiger partial charge in [-0.1, -0.05) is 0 Å². The second-order valence-electron chi connectivity index (χ2n) is 2.59. The Morgan fingerprint density at radius 2 is 1.58 bits per heavy atom. The third kappa shape index (κ3) is 2.23. The van der Waals surface area contributed by atoms with Crippen molar-refractivity contribution in [2.75, 3.05) is 14.1 Å². The van der Waals surface area contributed by atoms with Gasteiger partial charge in [-0.25, -0.2) is 0 Å². The molecular formula is C8H12N4. The predicted molar refractivity (Wildman–Crippen MR) is 51.0 cm³/mol.